The van der Waals surface area contributed by atoms with E-state index in [0.29, 0.717) is 16.3 Å². The summed E-state index contributed by atoms with van der Waals surface area (Å²) in [6.07, 6.45) is 2.81. The smallest absolute Gasteiger partial charge is 0.334 e. The van der Waals surface area contributed by atoms with Crippen molar-refractivity contribution in [1.29, 1.82) is 0 Å². The van der Waals surface area contributed by atoms with Crippen LogP contribution >= 0.6 is 11.6 Å². The molecule has 2 aromatic carbocycles. The van der Waals surface area contributed by atoms with Crippen LogP contribution in [0.4, 0.5) is 23.0 Å². The van der Waals surface area contributed by atoms with Gasteiger partial charge in [0.25, 0.3) is 5.91 Å². The van der Waals surface area contributed by atoms with Gasteiger partial charge in [-0.1, -0.05) is 17.7 Å². The second kappa shape index (κ2) is 8.59. The fourth-order valence-electron chi connectivity index (χ4n) is 2.86. The molecule has 0 atom stereocenters. The molecular formula is C20H14ClN7O3. The number of fused-ring (bicyclic) bond motifs is 1. The number of pyridine rings is 1. The third-order valence-corrected chi connectivity index (χ3v) is 4.56. The zero-order chi connectivity index (χ0) is 21.8. The lowest BCUT2D eigenvalue weighted by Gasteiger charge is -2.12. The van der Waals surface area contributed by atoms with E-state index in [1.165, 1.54) is 12.1 Å². The minimum absolute atomic E-state index is 0.0420. The number of nitrogens with one attached hydrogen (secondary N) is 3. The zero-order valence-electron chi connectivity index (χ0n) is 15.7. The van der Waals surface area contributed by atoms with E-state index in [0.717, 1.165) is 17.2 Å². The van der Waals surface area contributed by atoms with E-state index in [2.05, 4.69) is 31.1 Å². The lowest BCUT2D eigenvalue weighted by Crippen LogP contribution is -2.30. The van der Waals surface area contributed by atoms with Crippen LogP contribution in [0.5, 0.6) is 0 Å². The van der Waals surface area contributed by atoms with Gasteiger partial charge in [0.15, 0.2) is 0 Å². The lowest BCUT2D eigenvalue weighted by molar-refractivity contribution is -0.383. The second-order valence-electron chi connectivity index (χ2n) is 6.26. The van der Waals surface area contributed by atoms with Gasteiger partial charge in [0, 0.05) is 27.9 Å². The summed E-state index contributed by atoms with van der Waals surface area (Å²) in [6.45, 7) is 0. The van der Waals surface area contributed by atoms with Crippen molar-refractivity contribution in [2.75, 3.05) is 10.7 Å². The maximum atomic E-state index is 12.3. The van der Waals surface area contributed by atoms with Crippen LogP contribution < -0.4 is 16.2 Å². The van der Waals surface area contributed by atoms with Crippen LogP contribution in [-0.4, -0.2) is 25.8 Å². The Kier molecular flexibility index (Phi) is 5.54. The number of carbonyl (C=O) groups is 1. The van der Waals surface area contributed by atoms with E-state index < -0.39 is 16.5 Å². The van der Waals surface area contributed by atoms with E-state index in [4.69, 9.17) is 11.6 Å². The average molecular weight is 436 g/mol. The Morgan fingerprint density at radius 2 is 1.74 bits per heavy atom. The fourth-order valence-corrected chi connectivity index (χ4v) is 2.99. The summed E-state index contributed by atoms with van der Waals surface area (Å²) in [4.78, 5) is 35.6. The first-order chi connectivity index (χ1) is 15.0. The molecule has 2 aromatic heterocycles. The molecule has 4 aromatic rings. The highest BCUT2D eigenvalue weighted by atomic mass is 35.5. The molecule has 0 spiro atoms. The van der Waals surface area contributed by atoms with Crippen molar-refractivity contribution >= 4 is 51.4 Å². The van der Waals surface area contributed by atoms with Gasteiger partial charge in [-0.2, -0.15) is 0 Å². The van der Waals surface area contributed by atoms with Crippen LogP contribution in [0.3, 0.4) is 0 Å². The standard InChI is InChI=1S/C20H14ClN7O3/c21-13-8-6-12(7-9-13)20(29)27-26-19-17(28(30)31)18(23-11-24-19)25-16-5-1-4-15-14(16)3-2-10-22-15/h1-11H,(H,27,29)(H2,23,24,25,26). The van der Waals surface area contributed by atoms with Crippen molar-refractivity contribution in [3.05, 3.63) is 87.8 Å². The molecule has 10 nitrogen and oxygen atoms in total. The van der Waals surface area contributed by atoms with E-state index in [1.807, 2.05) is 12.1 Å². The molecule has 0 unspecified atom stereocenters. The highest BCUT2D eigenvalue weighted by molar-refractivity contribution is 6.30. The lowest BCUT2D eigenvalue weighted by atomic mass is 10.2. The maximum Gasteiger partial charge on any atom is 0.355 e. The molecule has 31 heavy (non-hydrogen) atoms. The van der Waals surface area contributed by atoms with Crippen molar-refractivity contribution in [3.63, 3.8) is 0 Å². The number of nitro groups is 1. The quantitative estimate of drug-likeness (QED) is 0.304. The van der Waals surface area contributed by atoms with Crippen LogP contribution in [0, 0.1) is 10.1 Å². The first-order valence-corrected chi connectivity index (χ1v) is 9.33. The number of benzene rings is 2. The molecule has 0 radical (unpaired) electrons. The Balaban J connectivity index is 1.61. The summed E-state index contributed by atoms with van der Waals surface area (Å²) in [5.41, 5.74) is 6.07. The summed E-state index contributed by atoms with van der Waals surface area (Å²) in [5.74, 6) is -0.734. The molecule has 0 fully saturated rings. The number of carbonyl (C=O) groups excluding carboxylic acids is 1. The Hall–Kier alpha value is -4.31. The van der Waals surface area contributed by atoms with Crippen LogP contribution in [0.15, 0.2) is 67.1 Å². The van der Waals surface area contributed by atoms with Crippen LogP contribution in [-0.2, 0) is 0 Å². The number of nitrogens with zero attached hydrogens (tertiary/aromatic N) is 4. The number of halogens is 1. The van der Waals surface area contributed by atoms with Crippen molar-refractivity contribution < 1.29 is 9.72 Å². The third-order valence-electron chi connectivity index (χ3n) is 4.30. The van der Waals surface area contributed by atoms with Gasteiger partial charge in [0.2, 0.25) is 11.6 Å². The SMILES string of the molecule is O=C(NNc1ncnc(Nc2cccc3ncccc23)c1[N+](=O)[O-])c1ccc(Cl)cc1. The molecule has 4 rings (SSSR count). The van der Waals surface area contributed by atoms with E-state index in [1.54, 1.807) is 36.5 Å². The molecule has 0 aliphatic carbocycles. The van der Waals surface area contributed by atoms with E-state index >= 15 is 0 Å². The minimum atomic E-state index is -0.636. The summed E-state index contributed by atoms with van der Waals surface area (Å²) in [6, 6.07) is 15.1. The predicted octanol–water partition coefficient (Wildman–Crippen LogP) is 4.09. The van der Waals surface area contributed by atoms with Crippen LogP contribution in [0.2, 0.25) is 5.02 Å². The van der Waals surface area contributed by atoms with Gasteiger partial charge in [-0.25, -0.2) is 9.97 Å². The maximum absolute atomic E-state index is 12.3. The summed E-state index contributed by atoms with van der Waals surface area (Å²) >= 11 is 5.82. The molecular weight excluding hydrogens is 422 g/mol. The Morgan fingerprint density at radius 3 is 2.52 bits per heavy atom. The molecule has 0 aliphatic heterocycles. The van der Waals surface area contributed by atoms with Gasteiger partial charge < -0.3 is 5.32 Å². The first-order valence-electron chi connectivity index (χ1n) is 8.95. The van der Waals surface area contributed by atoms with Gasteiger partial charge in [-0.15, -0.1) is 0 Å². The topological polar surface area (TPSA) is 135 Å². The molecule has 11 heteroatoms. The van der Waals surface area contributed by atoms with Crippen molar-refractivity contribution in [3.8, 4) is 0 Å². The number of hydrogen-bond donors (Lipinski definition) is 3. The monoisotopic (exact) mass is 435 g/mol. The number of amides is 1. The van der Waals surface area contributed by atoms with Crippen LogP contribution in [0.25, 0.3) is 10.9 Å². The molecule has 1 amide bonds. The predicted molar refractivity (Wildman–Crippen MR) is 116 cm³/mol. The Morgan fingerprint density at radius 1 is 0.968 bits per heavy atom. The molecule has 154 valence electrons. The third kappa shape index (κ3) is 4.33. The zero-order valence-corrected chi connectivity index (χ0v) is 16.5. The summed E-state index contributed by atoms with van der Waals surface area (Å²) < 4.78 is 0. The number of aromatic nitrogens is 3. The van der Waals surface area contributed by atoms with Crippen LogP contribution in [0.1, 0.15) is 10.4 Å². The van der Waals surface area contributed by atoms with Crippen molar-refractivity contribution in [2.45, 2.75) is 0 Å². The Bertz CT molecular complexity index is 1280. The summed E-state index contributed by atoms with van der Waals surface area (Å²) in [5, 5.41) is 16.0. The van der Waals surface area contributed by atoms with Gasteiger partial charge >= 0.3 is 5.69 Å². The van der Waals surface area contributed by atoms with Gasteiger partial charge in [-0.3, -0.25) is 30.7 Å². The van der Waals surface area contributed by atoms with Crippen molar-refractivity contribution in [2.24, 2.45) is 0 Å². The number of hydrogen-bond acceptors (Lipinski definition) is 8. The number of rotatable bonds is 6. The van der Waals surface area contributed by atoms with Gasteiger partial charge in [-0.05, 0) is 48.5 Å². The highest BCUT2D eigenvalue weighted by Gasteiger charge is 2.24. The normalized spacial score (nSPS) is 10.5. The first kappa shape index (κ1) is 20.0. The molecule has 2 heterocycles. The van der Waals surface area contributed by atoms with Crippen molar-refractivity contribution in [1.82, 2.24) is 20.4 Å². The van der Waals surface area contributed by atoms with E-state index in [-0.39, 0.29) is 11.6 Å². The summed E-state index contributed by atoms with van der Waals surface area (Å²) in [7, 11) is 0. The van der Waals surface area contributed by atoms with Gasteiger partial charge in [0.05, 0.1) is 10.4 Å². The number of anilines is 3. The molecule has 0 aliphatic rings. The Labute approximate surface area is 180 Å². The molecule has 0 saturated carbocycles. The molecule has 3 N–H and O–H groups in total. The average Bonchev–Trinajstić information content (AvgIpc) is 2.78. The fraction of sp³-hybridized carbons (Fsp3) is 0. The van der Waals surface area contributed by atoms with E-state index in [9.17, 15) is 14.9 Å². The molecule has 0 saturated heterocycles. The largest absolute Gasteiger partial charge is 0.355 e. The molecule has 0 bridgehead atoms. The highest BCUT2D eigenvalue weighted by Crippen LogP contribution is 2.32. The van der Waals surface area contributed by atoms with Gasteiger partial charge in [0.1, 0.15) is 6.33 Å². The minimum Gasteiger partial charge on any atom is -0.334 e. The second-order valence-corrected chi connectivity index (χ2v) is 6.70. The number of hydrazine groups is 1.